The zero-order chi connectivity index (χ0) is 29.4. The van der Waals surface area contributed by atoms with Gasteiger partial charge in [0.2, 0.25) is 17.7 Å². The van der Waals surface area contributed by atoms with E-state index in [0.717, 1.165) is 28.3 Å². The molecule has 42 heavy (non-hydrogen) atoms. The molecule has 1 unspecified atom stereocenters. The topological polar surface area (TPSA) is 111 Å². The van der Waals surface area contributed by atoms with E-state index >= 15 is 0 Å². The van der Waals surface area contributed by atoms with Crippen LogP contribution in [0.5, 0.6) is 0 Å². The molecule has 8 nitrogen and oxygen atoms in total. The monoisotopic (exact) mass is 594 g/mol. The highest BCUT2D eigenvalue weighted by molar-refractivity contribution is 5.93. The quantitative estimate of drug-likeness (QED) is 0.271. The minimum absolute atomic E-state index is 0. The van der Waals surface area contributed by atoms with E-state index in [2.05, 4.69) is 16.0 Å². The first-order valence-corrected chi connectivity index (χ1v) is 14.4. The molecule has 3 aromatic rings. The van der Waals surface area contributed by atoms with Crippen LogP contribution in [-0.4, -0.2) is 65.5 Å². The molecule has 0 spiro atoms. The normalized spacial score (nSPS) is 16.4. The smallest absolute Gasteiger partial charge is 0.243 e. The second-order valence-corrected chi connectivity index (χ2v) is 11.9. The summed E-state index contributed by atoms with van der Waals surface area (Å²) in [6.45, 7) is 7.02. The number of nitrogens with zero attached hydrogens (tertiary/aromatic N) is 1. The Kier molecular flexibility index (Phi) is 11.9. The molecule has 0 aliphatic carbocycles. The van der Waals surface area contributed by atoms with Crippen molar-refractivity contribution in [3.05, 3.63) is 83.9 Å². The number of hydrogen-bond donors (Lipinski definition) is 4. The van der Waals surface area contributed by atoms with Gasteiger partial charge >= 0.3 is 0 Å². The second-order valence-electron chi connectivity index (χ2n) is 11.9. The van der Waals surface area contributed by atoms with Gasteiger partial charge in [-0.05, 0) is 34.7 Å². The molecule has 1 aliphatic heterocycles. The summed E-state index contributed by atoms with van der Waals surface area (Å²) in [5.41, 5.74) is 1.41. The SMILES string of the molecule is CC(C)(C)C(=O)N1CCC[C@H]1C(=O)N[C@H](Cc1ccc2ccccc2c1)C(=O)NCC(O)CNCc1ccccc1.Cl. The fraction of sp³-hybridized carbons (Fsp3) is 0.424. The maximum absolute atomic E-state index is 13.5. The Morgan fingerprint density at radius 3 is 2.33 bits per heavy atom. The molecule has 0 aromatic heterocycles. The molecule has 1 heterocycles. The van der Waals surface area contributed by atoms with E-state index < -0.39 is 23.6 Å². The number of carbonyl (C=O) groups excluding carboxylic acids is 3. The first-order chi connectivity index (χ1) is 19.6. The van der Waals surface area contributed by atoms with Gasteiger partial charge < -0.3 is 26.0 Å². The molecule has 3 aromatic carbocycles. The lowest BCUT2D eigenvalue weighted by atomic mass is 9.94. The van der Waals surface area contributed by atoms with Crippen molar-refractivity contribution in [2.24, 2.45) is 5.41 Å². The lowest BCUT2D eigenvalue weighted by molar-refractivity contribution is -0.145. The number of carbonyl (C=O) groups is 3. The standard InChI is InChI=1S/C33H42N4O4.ClH/c1-33(2,3)32(41)37-17-9-14-29(37)31(40)36-28(19-24-15-16-25-12-7-8-13-26(25)18-24)30(39)35-22-27(38)21-34-20-23-10-5-4-6-11-23;/h4-8,10-13,15-16,18,27-29,34,38H,9,14,17,19-22H2,1-3H3,(H,35,39)(H,36,40);1H/t27?,28-,29+;/m1./s1. The zero-order valence-corrected chi connectivity index (χ0v) is 25.5. The summed E-state index contributed by atoms with van der Waals surface area (Å²) in [4.78, 5) is 41.5. The fourth-order valence-corrected chi connectivity index (χ4v) is 5.18. The van der Waals surface area contributed by atoms with Crippen LogP contribution >= 0.6 is 12.4 Å². The molecule has 0 radical (unpaired) electrons. The maximum Gasteiger partial charge on any atom is 0.243 e. The van der Waals surface area contributed by atoms with Crippen molar-refractivity contribution >= 4 is 40.9 Å². The molecule has 1 saturated heterocycles. The van der Waals surface area contributed by atoms with Crippen molar-refractivity contribution in [2.45, 2.75) is 64.8 Å². The largest absolute Gasteiger partial charge is 0.390 e. The van der Waals surface area contributed by atoms with Crippen LogP contribution < -0.4 is 16.0 Å². The molecule has 0 saturated carbocycles. The summed E-state index contributed by atoms with van der Waals surface area (Å²) >= 11 is 0. The Balaban J connectivity index is 0.00000484. The van der Waals surface area contributed by atoms with Crippen molar-refractivity contribution in [1.29, 1.82) is 0 Å². The van der Waals surface area contributed by atoms with Gasteiger partial charge in [0.1, 0.15) is 12.1 Å². The lowest BCUT2D eigenvalue weighted by Crippen LogP contribution is -2.55. The van der Waals surface area contributed by atoms with Gasteiger partial charge in [-0.2, -0.15) is 0 Å². The van der Waals surface area contributed by atoms with Gasteiger partial charge in [-0.3, -0.25) is 14.4 Å². The van der Waals surface area contributed by atoms with Crippen LogP contribution in [0.2, 0.25) is 0 Å². The number of hydrogen-bond acceptors (Lipinski definition) is 5. The Bertz CT molecular complexity index is 1340. The van der Waals surface area contributed by atoms with Gasteiger partial charge in [-0.25, -0.2) is 0 Å². The third-order valence-corrected chi connectivity index (χ3v) is 7.41. The molecule has 226 valence electrons. The van der Waals surface area contributed by atoms with Crippen LogP contribution in [0.3, 0.4) is 0 Å². The molecule has 1 fully saturated rings. The Morgan fingerprint density at radius 2 is 1.62 bits per heavy atom. The highest BCUT2D eigenvalue weighted by Gasteiger charge is 2.39. The third-order valence-electron chi connectivity index (χ3n) is 7.41. The van der Waals surface area contributed by atoms with Crippen LogP contribution in [0, 0.1) is 5.41 Å². The Hall–Kier alpha value is -3.46. The highest BCUT2D eigenvalue weighted by atomic mass is 35.5. The van der Waals surface area contributed by atoms with E-state index in [-0.39, 0.29) is 43.1 Å². The first-order valence-electron chi connectivity index (χ1n) is 14.4. The minimum Gasteiger partial charge on any atom is -0.390 e. The third kappa shape index (κ3) is 9.02. The van der Waals surface area contributed by atoms with Gasteiger partial charge in [0.25, 0.3) is 0 Å². The van der Waals surface area contributed by atoms with E-state index in [4.69, 9.17) is 0 Å². The number of benzene rings is 3. The van der Waals surface area contributed by atoms with Gasteiger partial charge in [0.15, 0.2) is 0 Å². The molecular weight excluding hydrogens is 552 g/mol. The van der Waals surface area contributed by atoms with Crippen LogP contribution in [0.25, 0.3) is 10.8 Å². The summed E-state index contributed by atoms with van der Waals surface area (Å²) in [6.07, 6.45) is 0.785. The van der Waals surface area contributed by atoms with Crippen molar-refractivity contribution in [2.75, 3.05) is 19.6 Å². The van der Waals surface area contributed by atoms with Crippen LogP contribution in [0.15, 0.2) is 72.8 Å². The Labute approximate surface area is 254 Å². The number of halogens is 1. The van der Waals surface area contributed by atoms with Gasteiger partial charge in [0, 0.05) is 38.0 Å². The average molecular weight is 595 g/mol. The number of aliphatic hydroxyl groups is 1. The molecule has 3 atom stereocenters. The molecule has 4 N–H and O–H groups in total. The summed E-state index contributed by atoms with van der Waals surface area (Å²) in [5, 5.41) is 21.6. The van der Waals surface area contributed by atoms with E-state index in [1.54, 1.807) is 4.90 Å². The molecule has 9 heteroatoms. The Morgan fingerprint density at radius 1 is 0.929 bits per heavy atom. The number of fused-ring (bicyclic) bond motifs is 1. The minimum atomic E-state index is -0.861. The summed E-state index contributed by atoms with van der Waals surface area (Å²) in [6, 6.07) is 22.4. The van der Waals surface area contributed by atoms with Crippen molar-refractivity contribution < 1.29 is 19.5 Å². The highest BCUT2D eigenvalue weighted by Crippen LogP contribution is 2.26. The predicted octanol–water partition coefficient (Wildman–Crippen LogP) is 3.59. The van der Waals surface area contributed by atoms with Crippen LogP contribution in [-0.2, 0) is 27.3 Å². The van der Waals surface area contributed by atoms with Crippen LogP contribution in [0.1, 0.15) is 44.7 Å². The molecule has 1 aliphatic rings. The predicted molar refractivity (Wildman–Crippen MR) is 168 cm³/mol. The summed E-state index contributed by atoms with van der Waals surface area (Å²) in [7, 11) is 0. The van der Waals surface area contributed by atoms with E-state index in [0.29, 0.717) is 26.1 Å². The van der Waals surface area contributed by atoms with Crippen molar-refractivity contribution in [3.8, 4) is 0 Å². The molecule has 4 rings (SSSR count). The van der Waals surface area contributed by atoms with E-state index in [9.17, 15) is 19.5 Å². The van der Waals surface area contributed by atoms with E-state index in [1.807, 2.05) is 93.6 Å². The average Bonchev–Trinajstić information content (AvgIpc) is 3.45. The molecule has 3 amide bonds. The lowest BCUT2D eigenvalue weighted by Gasteiger charge is -2.31. The number of likely N-dealkylation sites (tertiary alicyclic amines) is 1. The van der Waals surface area contributed by atoms with E-state index in [1.165, 1.54) is 0 Å². The fourth-order valence-electron chi connectivity index (χ4n) is 5.18. The maximum atomic E-state index is 13.5. The first kappa shape index (κ1) is 33.0. The number of aliphatic hydroxyl groups excluding tert-OH is 1. The van der Waals surface area contributed by atoms with Crippen molar-refractivity contribution in [3.63, 3.8) is 0 Å². The van der Waals surface area contributed by atoms with Gasteiger partial charge in [-0.15, -0.1) is 12.4 Å². The number of nitrogens with one attached hydrogen (secondary N) is 3. The second kappa shape index (κ2) is 15.1. The molecular formula is C33H43ClN4O4. The molecule has 0 bridgehead atoms. The summed E-state index contributed by atoms with van der Waals surface area (Å²) in [5.74, 6) is -0.775. The zero-order valence-electron chi connectivity index (χ0n) is 24.6. The van der Waals surface area contributed by atoms with Crippen molar-refractivity contribution in [1.82, 2.24) is 20.9 Å². The van der Waals surface area contributed by atoms with Gasteiger partial charge in [0.05, 0.1) is 6.10 Å². The van der Waals surface area contributed by atoms with Crippen LogP contribution in [0.4, 0.5) is 0 Å². The number of amides is 3. The van der Waals surface area contributed by atoms with Gasteiger partial charge in [-0.1, -0.05) is 93.6 Å². The summed E-state index contributed by atoms with van der Waals surface area (Å²) < 4.78 is 0. The number of rotatable bonds is 11.